The molecule has 0 bridgehead atoms. The van der Waals surface area contributed by atoms with Gasteiger partial charge in [-0.1, -0.05) is 60.8 Å². The molecule has 4 aromatic rings. The monoisotopic (exact) mass is 485 g/mol. The van der Waals surface area contributed by atoms with Crippen LogP contribution in [-0.4, -0.2) is 18.2 Å². The number of halogens is 2. The molecular formula is C24H21Cl2N3O2S. The topological polar surface area (TPSA) is 78.0 Å². The van der Waals surface area contributed by atoms with Crippen LogP contribution in [0.3, 0.4) is 0 Å². The van der Waals surface area contributed by atoms with Gasteiger partial charge in [-0.25, -0.2) is 18.2 Å². The minimum Gasteiger partial charge on any atom is -0.232 e. The first-order valence-electron chi connectivity index (χ1n) is 10.0. The summed E-state index contributed by atoms with van der Waals surface area (Å²) >= 11 is 12.2. The lowest BCUT2D eigenvalue weighted by Gasteiger charge is -2.11. The fraction of sp³-hybridized carbons (Fsp3) is 0.125. The van der Waals surface area contributed by atoms with Crippen molar-refractivity contribution in [3.05, 3.63) is 88.4 Å². The summed E-state index contributed by atoms with van der Waals surface area (Å²) < 4.78 is 25.2. The van der Waals surface area contributed by atoms with Crippen molar-refractivity contribution in [1.82, 2.24) is 9.78 Å². The fourth-order valence-corrected chi connectivity index (χ4v) is 4.41. The second kappa shape index (κ2) is 9.08. The van der Waals surface area contributed by atoms with Gasteiger partial charge in [-0.05, 0) is 55.0 Å². The average molecular weight is 486 g/mol. The smallest absolute Gasteiger partial charge is 0.232 e. The van der Waals surface area contributed by atoms with Gasteiger partial charge >= 0.3 is 0 Å². The van der Waals surface area contributed by atoms with Gasteiger partial charge in [-0.3, -0.25) is 0 Å². The van der Waals surface area contributed by atoms with Crippen molar-refractivity contribution in [2.75, 3.05) is 0 Å². The predicted molar refractivity (Wildman–Crippen MR) is 130 cm³/mol. The van der Waals surface area contributed by atoms with Gasteiger partial charge in [0.05, 0.1) is 22.0 Å². The summed E-state index contributed by atoms with van der Waals surface area (Å²) in [6.07, 6.45) is 1.74. The molecule has 0 spiro atoms. The van der Waals surface area contributed by atoms with E-state index in [0.29, 0.717) is 10.0 Å². The summed E-state index contributed by atoms with van der Waals surface area (Å²) in [5.41, 5.74) is 5.50. The van der Waals surface area contributed by atoms with Crippen LogP contribution in [0.4, 0.5) is 0 Å². The number of primary sulfonamides is 1. The zero-order chi connectivity index (χ0) is 22.9. The number of aromatic nitrogens is 2. The SMILES string of the molecule is CCCc1c(-c2ccc(Cl)cc2)nn(-c2ccc(S(N)(=O)=O)cc2)c1-c1ccc(Cl)cc1. The predicted octanol–water partition coefficient (Wildman–Crippen LogP) is 6.11. The zero-order valence-corrected chi connectivity index (χ0v) is 19.6. The van der Waals surface area contributed by atoms with E-state index in [2.05, 4.69) is 6.92 Å². The van der Waals surface area contributed by atoms with Gasteiger partial charge in [0.1, 0.15) is 0 Å². The van der Waals surface area contributed by atoms with Gasteiger partial charge in [0.2, 0.25) is 10.0 Å². The van der Waals surface area contributed by atoms with E-state index in [1.165, 1.54) is 12.1 Å². The molecule has 1 heterocycles. The first kappa shape index (κ1) is 22.6. The highest BCUT2D eigenvalue weighted by Gasteiger charge is 2.21. The molecule has 0 saturated heterocycles. The highest BCUT2D eigenvalue weighted by Crippen LogP contribution is 2.36. The van der Waals surface area contributed by atoms with Crippen LogP contribution in [0, 0.1) is 0 Å². The minimum absolute atomic E-state index is 0.0492. The Kier molecular flexibility index (Phi) is 6.40. The Labute approximate surface area is 197 Å². The van der Waals surface area contributed by atoms with Crippen LogP contribution < -0.4 is 5.14 Å². The van der Waals surface area contributed by atoms with E-state index >= 15 is 0 Å². The third-order valence-corrected chi connectivity index (χ3v) is 6.56. The second-order valence-electron chi connectivity index (χ2n) is 7.39. The van der Waals surface area contributed by atoms with Gasteiger partial charge < -0.3 is 0 Å². The van der Waals surface area contributed by atoms with Crippen molar-refractivity contribution in [3.8, 4) is 28.2 Å². The first-order chi connectivity index (χ1) is 15.3. The Hall–Kier alpha value is -2.64. The highest BCUT2D eigenvalue weighted by molar-refractivity contribution is 7.89. The molecule has 2 N–H and O–H groups in total. The van der Waals surface area contributed by atoms with Crippen LogP contribution in [0.25, 0.3) is 28.2 Å². The summed E-state index contributed by atoms with van der Waals surface area (Å²) in [5, 5.41) is 11.5. The number of nitrogens with two attached hydrogens (primary N) is 1. The van der Waals surface area contributed by atoms with Crippen LogP contribution >= 0.6 is 23.2 Å². The molecule has 164 valence electrons. The molecule has 0 radical (unpaired) electrons. The van der Waals surface area contributed by atoms with Gasteiger partial charge in [-0.2, -0.15) is 5.10 Å². The number of hydrogen-bond acceptors (Lipinski definition) is 3. The molecule has 32 heavy (non-hydrogen) atoms. The molecule has 1 aromatic heterocycles. The Balaban J connectivity index is 1.98. The highest BCUT2D eigenvalue weighted by atomic mass is 35.5. The number of sulfonamides is 1. The number of hydrogen-bond donors (Lipinski definition) is 1. The van der Waals surface area contributed by atoms with Crippen molar-refractivity contribution >= 4 is 33.2 Å². The van der Waals surface area contributed by atoms with Crippen molar-refractivity contribution in [2.45, 2.75) is 24.7 Å². The van der Waals surface area contributed by atoms with Gasteiger partial charge in [0.25, 0.3) is 0 Å². The molecule has 0 atom stereocenters. The van der Waals surface area contributed by atoms with E-state index in [-0.39, 0.29) is 4.90 Å². The first-order valence-corrected chi connectivity index (χ1v) is 12.3. The molecule has 0 amide bonds. The van der Waals surface area contributed by atoms with Gasteiger partial charge in [0.15, 0.2) is 0 Å². The summed E-state index contributed by atoms with van der Waals surface area (Å²) in [5.74, 6) is 0. The molecule has 0 fully saturated rings. The molecule has 3 aromatic carbocycles. The largest absolute Gasteiger partial charge is 0.238 e. The summed E-state index contributed by atoms with van der Waals surface area (Å²) in [4.78, 5) is 0.0492. The lowest BCUT2D eigenvalue weighted by atomic mass is 9.98. The minimum atomic E-state index is -3.78. The summed E-state index contributed by atoms with van der Waals surface area (Å²) in [6.45, 7) is 2.12. The third kappa shape index (κ3) is 4.59. The van der Waals surface area contributed by atoms with E-state index in [4.69, 9.17) is 33.4 Å². The maximum atomic E-state index is 11.7. The molecular weight excluding hydrogens is 465 g/mol. The van der Waals surface area contributed by atoms with E-state index in [9.17, 15) is 8.42 Å². The summed E-state index contributed by atoms with van der Waals surface area (Å²) in [6, 6.07) is 21.6. The second-order valence-corrected chi connectivity index (χ2v) is 9.82. The number of nitrogens with zero attached hydrogens (tertiary/aromatic N) is 2. The maximum Gasteiger partial charge on any atom is 0.238 e. The van der Waals surface area contributed by atoms with Gasteiger partial charge in [-0.15, -0.1) is 0 Å². The Morgan fingerprint density at radius 3 is 1.88 bits per heavy atom. The van der Waals surface area contributed by atoms with Crippen LogP contribution in [0.5, 0.6) is 0 Å². The van der Waals surface area contributed by atoms with E-state index in [1.54, 1.807) is 12.1 Å². The van der Waals surface area contributed by atoms with Crippen molar-refractivity contribution in [1.29, 1.82) is 0 Å². The van der Waals surface area contributed by atoms with Crippen LogP contribution in [0.15, 0.2) is 77.7 Å². The van der Waals surface area contributed by atoms with Crippen molar-refractivity contribution in [2.24, 2.45) is 5.14 Å². The zero-order valence-electron chi connectivity index (χ0n) is 17.3. The molecule has 0 aliphatic rings. The third-order valence-electron chi connectivity index (χ3n) is 5.13. The number of rotatable bonds is 6. The van der Waals surface area contributed by atoms with Crippen molar-refractivity contribution < 1.29 is 8.42 Å². The van der Waals surface area contributed by atoms with E-state index < -0.39 is 10.0 Å². The van der Waals surface area contributed by atoms with Crippen LogP contribution in [0.1, 0.15) is 18.9 Å². The lowest BCUT2D eigenvalue weighted by molar-refractivity contribution is 0.598. The lowest BCUT2D eigenvalue weighted by Crippen LogP contribution is -2.12. The summed E-state index contributed by atoms with van der Waals surface area (Å²) in [7, 11) is -3.78. The number of benzene rings is 3. The van der Waals surface area contributed by atoms with E-state index in [0.717, 1.165) is 46.6 Å². The molecule has 4 rings (SSSR count). The Morgan fingerprint density at radius 1 is 0.844 bits per heavy atom. The standard InChI is InChI=1S/C24H21Cl2N3O2S/c1-2-3-22-23(16-4-8-18(25)9-5-16)28-29(24(22)17-6-10-19(26)11-7-17)20-12-14-21(15-13-20)32(27,30)31/h4-15H,2-3H2,1H3,(H2,27,30,31). The molecule has 0 aliphatic carbocycles. The van der Waals surface area contributed by atoms with Crippen molar-refractivity contribution in [3.63, 3.8) is 0 Å². The maximum absolute atomic E-state index is 11.7. The molecule has 0 saturated carbocycles. The quantitative estimate of drug-likeness (QED) is 0.357. The average Bonchev–Trinajstić information content (AvgIpc) is 3.14. The normalized spacial score (nSPS) is 11.6. The molecule has 0 aliphatic heterocycles. The fourth-order valence-electron chi connectivity index (χ4n) is 3.64. The van der Waals surface area contributed by atoms with Crippen LogP contribution in [0.2, 0.25) is 10.0 Å². The Morgan fingerprint density at radius 2 is 1.38 bits per heavy atom. The Bertz CT molecular complexity index is 1350. The van der Waals surface area contributed by atoms with E-state index in [1.807, 2.05) is 53.2 Å². The van der Waals surface area contributed by atoms with Gasteiger partial charge in [0, 0.05) is 26.7 Å². The molecule has 0 unspecified atom stereocenters. The molecule has 5 nitrogen and oxygen atoms in total. The van der Waals surface area contributed by atoms with Crippen LogP contribution in [-0.2, 0) is 16.4 Å². The molecule has 8 heteroatoms.